The molecule has 1 unspecified atom stereocenters. The van der Waals surface area contributed by atoms with Crippen LogP contribution in [0.25, 0.3) is 0 Å². The number of rotatable bonds is 9. The Labute approximate surface area is 133 Å². The molecule has 3 heteroatoms. The van der Waals surface area contributed by atoms with Crippen LogP contribution in [0.1, 0.15) is 56.2 Å². The highest BCUT2D eigenvalue weighted by Crippen LogP contribution is 2.29. The van der Waals surface area contributed by atoms with Crippen LogP contribution in [0.15, 0.2) is 17.0 Å². The molecule has 1 aromatic carbocycles. The Balaban J connectivity index is 2.71. The molecular weight excluding hydrogens is 280 g/mol. The number of carboxylic acid groups (broad SMARTS) is 1. The number of aliphatic carboxylic acids is 1. The van der Waals surface area contributed by atoms with Gasteiger partial charge in [0.25, 0.3) is 0 Å². The fourth-order valence-electron chi connectivity index (χ4n) is 2.46. The van der Waals surface area contributed by atoms with Gasteiger partial charge in [-0.05, 0) is 48.9 Å². The first-order valence-electron chi connectivity index (χ1n) is 7.92. The van der Waals surface area contributed by atoms with Gasteiger partial charge < -0.3 is 5.11 Å². The predicted octanol–water partition coefficient (Wildman–Crippen LogP) is 5.24. The highest BCUT2D eigenvalue weighted by Gasteiger charge is 2.11. The molecule has 0 aromatic heterocycles. The third-order valence-corrected chi connectivity index (χ3v) is 5.38. The Morgan fingerprint density at radius 2 is 1.95 bits per heavy atom. The zero-order valence-electron chi connectivity index (χ0n) is 13.7. The summed E-state index contributed by atoms with van der Waals surface area (Å²) in [7, 11) is 0. The summed E-state index contributed by atoms with van der Waals surface area (Å²) in [4.78, 5) is 12.2. The van der Waals surface area contributed by atoms with E-state index < -0.39 is 5.97 Å². The average molecular weight is 308 g/mol. The van der Waals surface area contributed by atoms with E-state index in [9.17, 15) is 4.79 Å². The van der Waals surface area contributed by atoms with Crippen LogP contribution in [0, 0.1) is 19.8 Å². The lowest BCUT2D eigenvalue weighted by Gasteiger charge is -2.16. The van der Waals surface area contributed by atoms with Crippen LogP contribution in [0.5, 0.6) is 0 Å². The number of carbonyl (C=O) groups is 1. The summed E-state index contributed by atoms with van der Waals surface area (Å²) in [6.07, 6.45) is 5.25. The smallest absolute Gasteiger partial charge is 0.307 e. The summed E-state index contributed by atoms with van der Waals surface area (Å²) < 4.78 is 0. The maximum atomic E-state index is 10.9. The average Bonchev–Trinajstić information content (AvgIpc) is 2.43. The number of unbranched alkanes of at least 4 members (excludes halogenated alkanes) is 1. The van der Waals surface area contributed by atoms with Gasteiger partial charge in [0, 0.05) is 10.6 Å². The van der Waals surface area contributed by atoms with E-state index in [1.165, 1.54) is 36.1 Å². The Kier molecular flexibility index (Phi) is 7.87. The molecule has 0 heterocycles. The Morgan fingerprint density at radius 1 is 1.24 bits per heavy atom. The maximum Gasteiger partial charge on any atom is 0.307 e. The quantitative estimate of drug-likeness (QED) is 0.634. The summed E-state index contributed by atoms with van der Waals surface area (Å²) in [5, 5.41) is 8.94. The number of carboxylic acids is 1. The summed E-state index contributed by atoms with van der Waals surface area (Å²) in [5.41, 5.74) is 3.22. The second-order valence-electron chi connectivity index (χ2n) is 5.84. The van der Waals surface area contributed by atoms with Gasteiger partial charge in [0.2, 0.25) is 0 Å². The molecule has 0 aliphatic rings. The molecule has 0 amide bonds. The van der Waals surface area contributed by atoms with Crippen molar-refractivity contribution in [3.05, 3.63) is 28.8 Å². The minimum atomic E-state index is -0.761. The standard InChI is InChI=1S/C18H28O2S/c1-5-7-8-15(6-2)12-21-17-10-13(3)16(9-14(17)4)11-18(19)20/h9-10,15H,5-8,11-12H2,1-4H3,(H,19,20). The molecule has 1 atom stereocenters. The molecule has 0 bridgehead atoms. The molecule has 1 N–H and O–H groups in total. The summed E-state index contributed by atoms with van der Waals surface area (Å²) in [6.45, 7) is 8.61. The van der Waals surface area contributed by atoms with E-state index in [1.807, 2.05) is 24.8 Å². The van der Waals surface area contributed by atoms with Crippen LogP contribution in [0.3, 0.4) is 0 Å². The van der Waals surface area contributed by atoms with Crippen molar-refractivity contribution in [2.24, 2.45) is 5.92 Å². The number of hydrogen-bond donors (Lipinski definition) is 1. The van der Waals surface area contributed by atoms with Crippen molar-refractivity contribution >= 4 is 17.7 Å². The zero-order chi connectivity index (χ0) is 15.8. The van der Waals surface area contributed by atoms with Crippen LogP contribution in [0.4, 0.5) is 0 Å². The summed E-state index contributed by atoms with van der Waals surface area (Å²) in [6, 6.07) is 4.20. The highest BCUT2D eigenvalue weighted by molar-refractivity contribution is 7.99. The van der Waals surface area contributed by atoms with E-state index in [2.05, 4.69) is 26.8 Å². The van der Waals surface area contributed by atoms with Crippen molar-refractivity contribution in [2.75, 3.05) is 5.75 Å². The second kappa shape index (κ2) is 9.14. The molecule has 118 valence electrons. The summed E-state index contributed by atoms with van der Waals surface area (Å²) >= 11 is 1.92. The van der Waals surface area contributed by atoms with Gasteiger partial charge in [-0.15, -0.1) is 11.8 Å². The van der Waals surface area contributed by atoms with Gasteiger partial charge in [-0.3, -0.25) is 4.79 Å². The van der Waals surface area contributed by atoms with Gasteiger partial charge in [0.15, 0.2) is 0 Å². The fourth-order valence-corrected chi connectivity index (χ4v) is 3.83. The number of thioether (sulfide) groups is 1. The molecule has 2 nitrogen and oxygen atoms in total. The van der Waals surface area contributed by atoms with Crippen LogP contribution in [0.2, 0.25) is 0 Å². The lowest BCUT2D eigenvalue weighted by atomic mass is 10.0. The van der Waals surface area contributed by atoms with Gasteiger partial charge >= 0.3 is 5.97 Å². The first kappa shape index (κ1) is 18.1. The molecule has 0 aliphatic carbocycles. The largest absolute Gasteiger partial charge is 0.481 e. The van der Waals surface area contributed by atoms with Gasteiger partial charge in [0.05, 0.1) is 6.42 Å². The van der Waals surface area contributed by atoms with Gasteiger partial charge in [-0.2, -0.15) is 0 Å². The van der Waals surface area contributed by atoms with Crippen LogP contribution < -0.4 is 0 Å². The third-order valence-electron chi connectivity index (χ3n) is 3.99. The van der Waals surface area contributed by atoms with E-state index in [1.54, 1.807) is 0 Å². The molecule has 0 radical (unpaired) electrons. The SMILES string of the molecule is CCCCC(CC)CSc1cc(C)c(CC(=O)O)cc1C. The van der Waals surface area contributed by atoms with Crippen molar-refractivity contribution < 1.29 is 9.90 Å². The van der Waals surface area contributed by atoms with Gasteiger partial charge in [-0.1, -0.05) is 39.2 Å². The monoisotopic (exact) mass is 308 g/mol. The Hall–Kier alpha value is -0.960. The van der Waals surface area contributed by atoms with Crippen molar-refractivity contribution in [1.82, 2.24) is 0 Å². The number of aryl methyl sites for hydroxylation is 2. The van der Waals surface area contributed by atoms with Crippen LogP contribution in [-0.2, 0) is 11.2 Å². The van der Waals surface area contributed by atoms with Gasteiger partial charge in [0.1, 0.15) is 0 Å². The van der Waals surface area contributed by atoms with E-state index in [4.69, 9.17) is 5.11 Å². The fraction of sp³-hybridized carbons (Fsp3) is 0.611. The first-order valence-corrected chi connectivity index (χ1v) is 8.91. The first-order chi connectivity index (χ1) is 9.97. The van der Waals surface area contributed by atoms with Crippen molar-refractivity contribution in [3.63, 3.8) is 0 Å². The van der Waals surface area contributed by atoms with Crippen molar-refractivity contribution in [1.29, 1.82) is 0 Å². The Bertz CT molecular complexity index is 469. The van der Waals surface area contributed by atoms with E-state index in [0.29, 0.717) is 0 Å². The molecule has 0 saturated carbocycles. The third kappa shape index (κ3) is 6.13. The lowest BCUT2D eigenvalue weighted by molar-refractivity contribution is -0.136. The van der Waals surface area contributed by atoms with E-state index >= 15 is 0 Å². The number of hydrogen-bond acceptors (Lipinski definition) is 2. The van der Waals surface area contributed by atoms with E-state index in [0.717, 1.165) is 22.8 Å². The molecular formula is C18H28O2S. The van der Waals surface area contributed by atoms with Crippen molar-refractivity contribution in [2.45, 2.75) is 64.7 Å². The lowest BCUT2D eigenvalue weighted by Crippen LogP contribution is -2.04. The maximum absolute atomic E-state index is 10.9. The number of benzene rings is 1. The zero-order valence-corrected chi connectivity index (χ0v) is 14.6. The molecule has 1 aromatic rings. The highest BCUT2D eigenvalue weighted by atomic mass is 32.2. The van der Waals surface area contributed by atoms with Gasteiger partial charge in [-0.25, -0.2) is 0 Å². The molecule has 21 heavy (non-hydrogen) atoms. The molecule has 0 spiro atoms. The van der Waals surface area contributed by atoms with E-state index in [-0.39, 0.29) is 6.42 Å². The normalized spacial score (nSPS) is 12.4. The topological polar surface area (TPSA) is 37.3 Å². The predicted molar refractivity (Wildman–Crippen MR) is 91.3 cm³/mol. The summed E-state index contributed by atoms with van der Waals surface area (Å²) in [5.74, 6) is 1.19. The minimum absolute atomic E-state index is 0.117. The van der Waals surface area contributed by atoms with Crippen molar-refractivity contribution in [3.8, 4) is 0 Å². The Morgan fingerprint density at radius 3 is 2.52 bits per heavy atom. The minimum Gasteiger partial charge on any atom is -0.481 e. The molecule has 0 aliphatic heterocycles. The molecule has 1 rings (SSSR count). The molecule has 0 fully saturated rings. The van der Waals surface area contributed by atoms with Crippen LogP contribution in [-0.4, -0.2) is 16.8 Å². The second-order valence-corrected chi connectivity index (χ2v) is 6.90. The molecule has 0 saturated heterocycles. The van der Waals surface area contributed by atoms with Crippen LogP contribution >= 0.6 is 11.8 Å².